The molecule has 1 aliphatic rings. The minimum Gasteiger partial charge on any atom is -0.366 e. The molecule has 0 radical (unpaired) electrons. The molecule has 24 heavy (non-hydrogen) atoms. The Balaban J connectivity index is 2.27. The Hall–Kier alpha value is -2.09. The summed E-state index contributed by atoms with van der Waals surface area (Å²) < 4.78 is 0. The van der Waals surface area contributed by atoms with Crippen molar-refractivity contribution in [3.05, 3.63) is 62.8 Å². The van der Waals surface area contributed by atoms with Gasteiger partial charge in [0.2, 0.25) is 0 Å². The highest BCUT2D eigenvalue weighted by molar-refractivity contribution is 5.55. The van der Waals surface area contributed by atoms with Crippen LogP contribution in [-0.2, 0) is 5.54 Å². The first-order valence-corrected chi connectivity index (χ1v) is 8.74. The maximum Gasteiger partial charge on any atom is 0.0858 e. The summed E-state index contributed by atoms with van der Waals surface area (Å²) in [6, 6.07) is 6.89. The topological polar surface area (TPSA) is 16.1 Å². The maximum absolute atomic E-state index is 4.68. The second-order valence-corrected chi connectivity index (χ2v) is 7.68. The van der Waals surface area contributed by atoms with Gasteiger partial charge in [-0.15, -0.1) is 0 Å². The molecule has 0 fully saturated rings. The Kier molecular flexibility index (Phi) is 4.03. The van der Waals surface area contributed by atoms with E-state index >= 15 is 0 Å². The van der Waals surface area contributed by atoms with Crippen LogP contribution in [0.1, 0.15) is 54.5 Å². The van der Waals surface area contributed by atoms with Gasteiger partial charge in [-0.05, 0) is 68.0 Å². The predicted octanol–water partition coefficient (Wildman–Crippen LogP) is 3.51. The van der Waals surface area contributed by atoms with E-state index in [0.29, 0.717) is 5.92 Å². The first-order valence-electron chi connectivity index (χ1n) is 8.74. The second kappa shape index (κ2) is 5.77. The van der Waals surface area contributed by atoms with Crippen LogP contribution >= 0.6 is 0 Å². The lowest BCUT2D eigenvalue weighted by molar-refractivity contribution is 0.308. The summed E-state index contributed by atoms with van der Waals surface area (Å²) in [5, 5.41) is 2.29. The lowest BCUT2D eigenvalue weighted by Gasteiger charge is -2.39. The Morgan fingerprint density at radius 2 is 1.79 bits per heavy atom. The minimum atomic E-state index is -0.162. The second-order valence-electron chi connectivity index (χ2n) is 7.68. The molecule has 2 heteroatoms. The number of rotatable bonds is 2. The number of hydrogen-bond acceptors (Lipinski definition) is 2. The molecular formula is C22H28N2. The molecule has 0 bridgehead atoms. The van der Waals surface area contributed by atoms with E-state index < -0.39 is 0 Å². The summed E-state index contributed by atoms with van der Waals surface area (Å²) in [5.41, 5.74) is 6.55. The van der Waals surface area contributed by atoms with Gasteiger partial charge < -0.3 is 4.90 Å². The van der Waals surface area contributed by atoms with E-state index in [1.165, 1.54) is 33.0 Å². The van der Waals surface area contributed by atoms with Crippen LogP contribution in [-0.4, -0.2) is 16.9 Å². The van der Waals surface area contributed by atoms with Gasteiger partial charge in [-0.2, -0.15) is 0 Å². The van der Waals surface area contributed by atoms with Crippen molar-refractivity contribution in [3.63, 3.8) is 0 Å². The zero-order valence-corrected chi connectivity index (χ0v) is 15.9. The third-order valence-electron chi connectivity index (χ3n) is 5.48. The molecule has 1 unspecified atom stereocenters. The van der Waals surface area contributed by atoms with Crippen molar-refractivity contribution in [1.82, 2.24) is 9.88 Å². The van der Waals surface area contributed by atoms with Crippen molar-refractivity contribution < 1.29 is 0 Å². The highest BCUT2D eigenvalue weighted by Gasteiger charge is 2.31. The number of fused-ring (bicyclic) bond motifs is 1. The van der Waals surface area contributed by atoms with Crippen molar-refractivity contribution in [1.29, 1.82) is 0 Å². The fraction of sp³-hybridized carbons (Fsp3) is 0.409. The lowest BCUT2D eigenvalue weighted by Crippen LogP contribution is -2.47. The molecule has 2 nitrogen and oxygen atoms in total. The highest BCUT2D eigenvalue weighted by atomic mass is 15.2. The Morgan fingerprint density at radius 1 is 1.08 bits per heavy atom. The van der Waals surface area contributed by atoms with Crippen LogP contribution in [0.25, 0.3) is 12.3 Å². The van der Waals surface area contributed by atoms with E-state index in [1.807, 2.05) is 6.20 Å². The number of aryl methyl sites for hydroxylation is 2. The van der Waals surface area contributed by atoms with Crippen LogP contribution in [0, 0.1) is 20.8 Å². The molecule has 0 N–H and O–H groups in total. The standard InChI is InChI=1S/C22H28N2/c1-14(2)19-10-18-11-22(6,24(7)13-21(18)23-12-19)20-9-15(3)8-16(4)17(20)5/h8-14H,1-7H3. The smallest absolute Gasteiger partial charge is 0.0858 e. The van der Waals surface area contributed by atoms with Crippen LogP contribution < -0.4 is 10.6 Å². The van der Waals surface area contributed by atoms with Crippen LogP contribution in [0.3, 0.4) is 0 Å². The summed E-state index contributed by atoms with van der Waals surface area (Å²) in [6.07, 6.45) is 6.56. The summed E-state index contributed by atoms with van der Waals surface area (Å²) in [5.74, 6) is 0.491. The lowest BCUT2D eigenvalue weighted by atomic mass is 9.82. The average Bonchev–Trinajstić information content (AvgIpc) is 2.51. The number of aromatic nitrogens is 1. The molecular weight excluding hydrogens is 292 g/mol. The molecule has 1 aromatic heterocycles. The Morgan fingerprint density at radius 3 is 2.46 bits per heavy atom. The quantitative estimate of drug-likeness (QED) is 0.842. The molecule has 0 spiro atoms. The zero-order valence-electron chi connectivity index (χ0n) is 15.9. The fourth-order valence-electron chi connectivity index (χ4n) is 3.60. The van der Waals surface area contributed by atoms with Crippen molar-refractivity contribution in [2.24, 2.45) is 0 Å². The summed E-state index contributed by atoms with van der Waals surface area (Å²) in [4.78, 5) is 6.97. The molecule has 3 rings (SSSR count). The minimum absolute atomic E-state index is 0.162. The number of nitrogens with zero attached hydrogens (tertiary/aromatic N) is 2. The Bertz CT molecular complexity index is 908. The zero-order chi connectivity index (χ0) is 17.6. The van der Waals surface area contributed by atoms with Crippen LogP contribution in [0.2, 0.25) is 0 Å². The van der Waals surface area contributed by atoms with Crippen LogP contribution in [0.5, 0.6) is 0 Å². The van der Waals surface area contributed by atoms with E-state index in [4.69, 9.17) is 0 Å². The van der Waals surface area contributed by atoms with Crippen LogP contribution in [0.4, 0.5) is 0 Å². The molecule has 2 heterocycles. The van der Waals surface area contributed by atoms with Crippen molar-refractivity contribution >= 4 is 12.3 Å². The normalized spacial score (nSPS) is 19.8. The van der Waals surface area contributed by atoms with Gasteiger partial charge in [0.1, 0.15) is 0 Å². The Labute approximate surface area is 145 Å². The molecule has 0 saturated heterocycles. The van der Waals surface area contributed by atoms with E-state index in [-0.39, 0.29) is 5.54 Å². The van der Waals surface area contributed by atoms with Crippen LogP contribution in [0.15, 0.2) is 24.4 Å². The van der Waals surface area contributed by atoms with Crippen molar-refractivity contribution in [2.45, 2.75) is 53.0 Å². The molecule has 126 valence electrons. The average molecular weight is 320 g/mol. The molecule has 0 saturated carbocycles. The van der Waals surface area contributed by atoms with Gasteiger partial charge in [0, 0.05) is 24.7 Å². The van der Waals surface area contributed by atoms with Gasteiger partial charge in [-0.1, -0.05) is 31.5 Å². The van der Waals surface area contributed by atoms with Gasteiger partial charge in [-0.3, -0.25) is 4.98 Å². The van der Waals surface area contributed by atoms with Crippen molar-refractivity contribution in [2.75, 3.05) is 7.05 Å². The molecule has 1 atom stereocenters. The van der Waals surface area contributed by atoms with E-state index in [0.717, 1.165) is 5.35 Å². The summed E-state index contributed by atoms with van der Waals surface area (Å²) in [6.45, 7) is 13.3. The van der Waals surface area contributed by atoms with E-state index in [1.54, 1.807) is 0 Å². The first kappa shape index (κ1) is 16.8. The highest BCUT2D eigenvalue weighted by Crippen LogP contribution is 2.34. The predicted molar refractivity (Wildman–Crippen MR) is 102 cm³/mol. The first-order chi connectivity index (χ1) is 11.2. The van der Waals surface area contributed by atoms with Gasteiger partial charge in [0.05, 0.1) is 10.9 Å². The molecule has 1 aromatic carbocycles. The summed E-state index contributed by atoms with van der Waals surface area (Å²) >= 11 is 0. The van der Waals surface area contributed by atoms with Gasteiger partial charge in [-0.25, -0.2) is 0 Å². The molecule has 1 aliphatic heterocycles. The van der Waals surface area contributed by atoms with Gasteiger partial charge >= 0.3 is 0 Å². The summed E-state index contributed by atoms with van der Waals surface area (Å²) in [7, 11) is 2.15. The molecule has 0 amide bonds. The van der Waals surface area contributed by atoms with E-state index in [9.17, 15) is 0 Å². The largest absolute Gasteiger partial charge is 0.366 e. The maximum atomic E-state index is 4.68. The molecule has 2 aromatic rings. The van der Waals surface area contributed by atoms with E-state index in [2.05, 4.69) is 88.9 Å². The monoisotopic (exact) mass is 320 g/mol. The van der Waals surface area contributed by atoms with Gasteiger partial charge in [0.15, 0.2) is 0 Å². The van der Waals surface area contributed by atoms with Crippen molar-refractivity contribution in [3.8, 4) is 0 Å². The molecule has 0 aliphatic carbocycles. The third kappa shape index (κ3) is 2.64. The number of benzene rings is 1. The SMILES string of the molecule is Cc1cc(C)c(C)c(C2(C)C=c3cc(C(C)C)cnc3=CN2C)c1. The van der Waals surface area contributed by atoms with Gasteiger partial charge in [0.25, 0.3) is 0 Å². The third-order valence-corrected chi connectivity index (χ3v) is 5.48. The fourth-order valence-corrected chi connectivity index (χ4v) is 3.60. The number of hydrogen-bond donors (Lipinski definition) is 0. The number of pyridine rings is 1.